The van der Waals surface area contributed by atoms with Gasteiger partial charge in [-0.2, -0.15) is 0 Å². The summed E-state index contributed by atoms with van der Waals surface area (Å²) < 4.78 is 0. The molecule has 1 saturated heterocycles. The van der Waals surface area contributed by atoms with E-state index in [1.165, 1.54) is 11.9 Å². The third-order valence-corrected chi connectivity index (χ3v) is 4.43. The van der Waals surface area contributed by atoms with Crippen LogP contribution in [0.5, 0.6) is 0 Å². The van der Waals surface area contributed by atoms with Crippen LogP contribution in [0.1, 0.15) is 24.8 Å². The summed E-state index contributed by atoms with van der Waals surface area (Å²) in [6.07, 6.45) is 3.15. The number of carbonyl (C=O) groups excluding carboxylic acids is 2. The van der Waals surface area contributed by atoms with Gasteiger partial charge in [0, 0.05) is 18.3 Å². The first-order chi connectivity index (χ1) is 9.49. The van der Waals surface area contributed by atoms with E-state index in [-0.39, 0.29) is 30.4 Å². The second-order valence-electron chi connectivity index (χ2n) is 5.76. The molecule has 5 heteroatoms. The number of hydrogen-bond acceptors (Lipinski definition) is 4. The van der Waals surface area contributed by atoms with E-state index in [9.17, 15) is 9.59 Å². The van der Waals surface area contributed by atoms with Crippen LogP contribution in [0, 0.1) is 0 Å². The van der Waals surface area contributed by atoms with E-state index in [0.29, 0.717) is 0 Å². The molecule has 0 bridgehead atoms. The number of likely N-dealkylation sites (N-methyl/N-ethyl adjacent to an activating group) is 1. The molecule has 1 aromatic rings. The molecule has 20 heavy (non-hydrogen) atoms. The summed E-state index contributed by atoms with van der Waals surface area (Å²) in [7, 11) is 1.53. The number of nitrogens with zero attached hydrogens (tertiary/aromatic N) is 2. The molecule has 0 aromatic heterocycles. The van der Waals surface area contributed by atoms with Crippen LogP contribution >= 0.6 is 0 Å². The molecular formula is C15H19N3O2. The van der Waals surface area contributed by atoms with Crippen LogP contribution in [0.25, 0.3) is 0 Å². The number of carbonyl (C=O) groups is 2. The first-order valence-corrected chi connectivity index (χ1v) is 6.93. The van der Waals surface area contributed by atoms with E-state index >= 15 is 0 Å². The van der Waals surface area contributed by atoms with Gasteiger partial charge in [0.2, 0.25) is 11.8 Å². The van der Waals surface area contributed by atoms with E-state index in [1.807, 2.05) is 29.2 Å². The number of amides is 2. The highest BCUT2D eigenvalue weighted by molar-refractivity contribution is 6.02. The molecule has 1 aliphatic heterocycles. The third-order valence-electron chi connectivity index (χ3n) is 4.43. The molecule has 1 heterocycles. The Morgan fingerprint density at radius 2 is 1.80 bits per heavy atom. The summed E-state index contributed by atoms with van der Waals surface area (Å²) in [5.74, 6) is -0.337. The molecule has 1 aromatic carbocycles. The predicted molar refractivity (Wildman–Crippen MR) is 76.1 cm³/mol. The van der Waals surface area contributed by atoms with Gasteiger partial charge in [-0.05, 0) is 37.0 Å². The first-order valence-electron chi connectivity index (χ1n) is 6.93. The number of benzene rings is 1. The van der Waals surface area contributed by atoms with Crippen molar-refractivity contribution >= 4 is 17.5 Å². The number of anilines is 1. The molecule has 2 aliphatic rings. The maximum Gasteiger partial charge on any atom is 0.248 e. The average Bonchev–Trinajstić information content (AvgIpc) is 2.41. The van der Waals surface area contributed by atoms with E-state index in [2.05, 4.69) is 0 Å². The topological polar surface area (TPSA) is 66.6 Å². The molecule has 0 unspecified atom stereocenters. The summed E-state index contributed by atoms with van der Waals surface area (Å²) in [6, 6.07) is 7.93. The maximum atomic E-state index is 11.8. The summed E-state index contributed by atoms with van der Waals surface area (Å²) in [4.78, 5) is 26.6. The normalized spacial score (nSPS) is 21.9. The fourth-order valence-corrected chi connectivity index (χ4v) is 2.77. The molecule has 106 valence electrons. The van der Waals surface area contributed by atoms with E-state index in [4.69, 9.17) is 5.73 Å². The lowest BCUT2D eigenvalue weighted by Crippen LogP contribution is -2.52. The molecule has 0 radical (unpaired) electrons. The van der Waals surface area contributed by atoms with Crippen molar-refractivity contribution in [2.75, 3.05) is 25.0 Å². The standard InChI is InChI=1S/C15H19N3O2/c1-17-13(19)9-18(10-14(17)20)12-5-2-4-11(8-12)15(16)6-3-7-15/h2,4-5,8H,3,6-7,9-10,16H2,1H3. The minimum Gasteiger partial charge on any atom is -0.353 e. The molecule has 0 spiro atoms. The molecular weight excluding hydrogens is 254 g/mol. The van der Waals surface area contributed by atoms with Gasteiger partial charge >= 0.3 is 0 Å². The minimum absolute atomic E-state index is 0.169. The van der Waals surface area contributed by atoms with Crippen molar-refractivity contribution in [3.05, 3.63) is 29.8 Å². The van der Waals surface area contributed by atoms with Crippen molar-refractivity contribution < 1.29 is 9.59 Å². The van der Waals surface area contributed by atoms with Gasteiger partial charge < -0.3 is 10.6 Å². The fourth-order valence-electron chi connectivity index (χ4n) is 2.77. The Kier molecular flexibility index (Phi) is 3.01. The zero-order chi connectivity index (χ0) is 14.3. The highest BCUT2D eigenvalue weighted by atomic mass is 16.2. The molecule has 2 fully saturated rings. The highest BCUT2D eigenvalue weighted by Crippen LogP contribution is 2.39. The van der Waals surface area contributed by atoms with Crippen molar-refractivity contribution in [3.8, 4) is 0 Å². The monoisotopic (exact) mass is 273 g/mol. The molecule has 0 atom stereocenters. The van der Waals surface area contributed by atoms with E-state index in [1.54, 1.807) is 0 Å². The van der Waals surface area contributed by atoms with Crippen molar-refractivity contribution in [3.63, 3.8) is 0 Å². The van der Waals surface area contributed by atoms with Crippen molar-refractivity contribution in [1.29, 1.82) is 0 Å². The molecule has 5 nitrogen and oxygen atoms in total. The second kappa shape index (κ2) is 4.59. The maximum absolute atomic E-state index is 11.8. The van der Waals surface area contributed by atoms with Crippen LogP contribution in [0.2, 0.25) is 0 Å². The van der Waals surface area contributed by atoms with Crippen molar-refractivity contribution in [2.45, 2.75) is 24.8 Å². The quantitative estimate of drug-likeness (QED) is 0.811. The highest BCUT2D eigenvalue weighted by Gasteiger charge is 2.35. The largest absolute Gasteiger partial charge is 0.353 e. The van der Waals surface area contributed by atoms with Crippen LogP contribution in [0.15, 0.2) is 24.3 Å². The van der Waals surface area contributed by atoms with Crippen molar-refractivity contribution in [2.24, 2.45) is 5.73 Å². The Morgan fingerprint density at radius 3 is 2.35 bits per heavy atom. The number of imide groups is 1. The minimum atomic E-state index is -0.226. The second-order valence-corrected chi connectivity index (χ2v) is 5.76. The fraction of sp³-hybridized carbons (Fsp3) is 0.467. The summed E-state index contributed by atoms with van der Waals surface area (Å²) >= 11 is 0. The van der Waals surface area contributed by atoms with E-state index < -0.39 is 0 Å². The Hall–Kier alpha value is -1.88. The van der Waals surface area contributed by atoms with Crippen LogP contribution in [0.3, 0.4) is 0 Å². The van der Waals surface area contributed by atoms with Gasteiger partial charge in [0.1, 0.15) is 0 Å². The number of rotatable bonds is 2. The Balaban J connectivity index is 1.86. The molecule has 2 N–H and O–H groups in total. The zero-order valence-electron chi connectivity index (χ0n) is 11.6. The summed E-state index contributed by atoms with van der Waals surface area (Å²) in [5.41, 5.74) is 8.11. The zero-order valence-corrected chi connectivity index (χ0v) is 11.6. The van der Waals surface area contributed by atoms with Crippen LogP contribution in [-0.4, -0.2) is 36.9 Å². The smallest absolute Gasteiger partial charge is 0.248 e. The lowest BCUT2D eigenvalue weighted by atomic mass is 9.73. The first kappa shape index (κ1) is 13.1. The molecule has 2 amide bonds. The lowest BCUT2D eigenvalue weighted by molar-refractivity contribution is -0.143. The molecule has 1 aliphatic carbocycles. The molecule has 1 saturated carbocycles. The van der Waals surface area contributed by atoms with Gasteiger partial charge in [0.15, 0.2) is 0 Å². The Labute approximate surface area is 118 Å². The molecule has 3 rings (SSSR count). The summed E-state index contributed by atoms with van der Waals surface area (Å²) in [6.45, 7) is 0.479. The summed E-state index contributed by atoms with van der Waals surface area (Å²) in [5, 5.41) is 0. The van der Waals surface area contributed by atoms with Crippen LogP contribution < -0.4 is 10.6 Å². The van der Waals surface area contributed by atoms with Crippen molar-refractivity contribution in [1.82, 2.24) is 4.90 Å². The van der Waals surface area contributed by atoms with Crippen LogP contribution in [0.4, 0.5) is 5.69 Å². The van der Waals surface area contributed by atoms with Gasteiger partial charge in [-0.1, -0.05) is 12.1 Å². The number of piperazine rings is 1. The SMILES string of the molecule is CN1C(=O)CN(c2cccc(C3(N)CCC3)c2)CC1=O. The van der Waals surface area contributed by atoms with Gasteiger partial charge in [-0.15, -0.1) is 0 Å². The average molecular weight is 273 g/mol. The Morgan fingerprint density at radius 1 is 1.15 bits per heavy atom. The van der Waals surface area contributed by atoms with Gasteiger partial charge in [0.25, 0.3) is 0 Å². The predicted octanol–water partition coefficient (Wildman–Crippen LogP) is 0.829. The third kappa shape index (κ3) is 2.08. The number of nitrogens with two attached hydrogens (primary N) is 1. The van der Waals surface area contributed by atoms with Gasteiger partial charge in [-0.25, -0.2) is 0 Å². The number of hydrogen-bond donors (Lipinski definition) is 1. The van der Waals surface area contributed by atoms with Gasteiger partial charge in [-0.3, -0.25) is 14.5 Å². The van der Waals surface area contributed by atoms with E-state index in [0.717, 1.165) is 30.5 Å². The Bertz CT molecular complexity index is 548. The van der Waals surface area contributed by atoms with Gasteiger partial charge in [0.05, 0.1) is 13.1 Å². The van der Waals surface area contributed by atoms with Crippen LogP contribution in [-0.2, 0) is 15.1 Å². The lowest BCUT2D eigenvalue weighted by Gasteiger charge is -2.39.